The summed E-state index contributed by atoms with van der Waals surface area (Å²) in [7, 11) is -3.47. The fourth-order valence-corrected chi connectivity index (χ4v) is 4.05. The molecule has 118 valence electrons. The second-order valence-corrected chi connectivity index (χ2v) is 8.20. The molecule has 0 saturated carbocycles. The zero-order valence-corrected chi connectivity index (χ0v) is 14.4. The molecule has 2 rings (SSSR count). The number of hydrogen-bond acceptors (Lipinski definition) is 5. The minimum atomic E-state index is -3.47. The van der Waals surface area contributed by atoms with Gasteiger partial charge in [-0.05, 0) is 32.0 Å². The third-order valence-corrected chi connectivity index (χ3v) is 5.28. The van der Waals surface area contributed by atoms with Gasteiger partial charge in [-0.1, -0.05) is 36.9 Å². The lowest BCUT2D eigenvalue weighted by Gasteiger charge is -2.12. The molecule has 0 aliphatic heterocycles. The van der Waals surface area contributed by atoms with Crippen molar-refractivity contribution in [3.05, 3.63) is 47.8 Å². The summed E-state index contributed by atoms with van der Waals surface area (Å²) in [6, 6.07) is 10.3. The number of aromatic nitrogens is 2. The van der Waals surface area contributed by atoms with Crippen LogP contribution in [0.1, 0.15) is 18.3 Å². The van der Waals surface area contributed by atoms with Gasteiger partial charge in [0.1, 0.15) is 0 Å². The predicted molar refractivity (Wildman–Crippen MR) is 88.5 cm³/mol. The Morgan fingerprint density at radius 2 is 1.73 bits per heavy atom. The number of thioether (sulfide) groups is 1. The maximum Gasteiger partial charge on any atom is 0.240 e. The van der Waals surface area contributed by atoms with Crippen LogP contribution in [0.4, 0.5) is 0 Å². The quantitative estimate of drug-likeness (QED) is 0.648. The first kappa shape index (κ1) is 16.9. The van der Waals surface area contributed by atoms with E-state index in [-0.39, 0.29) is 10.1 Å². The van der Waals surface area contributed by atoms with Crippen LogP contribution >= 0.6 is 11.8 Å². The fraction of sp³-hybridized carbons (Fsp3) is 0.333. The summed E-state index contributed by atoms with van der Waals surface area (Å²) < 4.78 is 26.9. The molecule has 1 heterocycles. The first-order valence-electron chi connectivity index (χ1n) is 6.90. The van der Waals surface area contributed by atoms with Crippen LogP contribution in [0.15, 0.2) is 46.5 Å². The van der Waals surface area contributed by atoms with E-state index in [1.54, 1.807) is 30.3 Å². The standard InChI is InChI=1S/C15H19N3O2S2/c1-11-9-12(2)18-15(17-11)21-13(3)10-16-22(19,20)14-7-5-4-6-8-14/h4-9,13,16H,10H2,1-3H3/t13-/m0/s1. The van der Waals surface area contributed by atoms with Crippen LogP contribution in [0.25, 0.3) is 0 Å². The Labute approximate surface area is 135 Å². The summed E-state index contributed by atoms with van der Waals surface area (Å²) in [5, 5.41) is 0.698. The topological polar surface area (TPSA) is 72.0 Å². The van der Waals surface area contributed by atoms with Crippen molar-refractivity contribution in [3.63, 3.8) is 0 Å². The Morgan fingerprint density at radius 1 is 1.14 bits per heavy atom. The minimum Gasteiger partial charge on any atom is -0.228 e. The molecular weight excluding hydrogens is 318 g/mol. The van der Waals surface area contributed by atoms with Crippen LogP contribution in [0.2, 0.25) is 0 Å². The molecule has 0 fully saturated rings. The molecule has 1 N–H and O–H groups in total. The molecular formula is C15H19N3O2S2. The number of nitrogens with zero attached hydrogens (tertiary/aromatic N) is 2. The number of aryl methyl sites for hydroxylation is 2. The Kier molecular flexibility index (Phi) is 5.55. The Bertz CT molecular complexity index is 713. The maximum atomic E-state index is 12.1. The molecule has 0 aliphatic carbocycles. The van der Waals surface area contributed by atoms with Gasteiger partial charge in [-0.2, -0.15) is 0 Å². The van der Waals surface area contributed by atoms with Gasteiger partial charge >= 0.3 is 0 Å². The molecule has 0 bridgehead atoms. The van der Waals surface area contributed by atoms with Crippen molar-refractivity contribution in [1.82, 2.24) is 14.7 Å². The van der Waals surface area contributed by atoms with Gasteiger partial charge in [-0.3, -0.25) is 0 Å². The van der Waals surface area contributed by atoms with E-state index >= 15 is 0 Å². The molecule has 0 spiro atoms. The SMILES string of the molecule is Cc1cc(C)nc(S[C@@H](C)CNS(=O)(=O)c2ccccc2)n1. The molecule has 0 saturated heterocycles. The maximum absolute atomic E-state index is 12.1. The Balaban J connectivity index is 1.97. The molecule has 7 heteroatoms. The molecule has 2 aromatic rings. The summed E-state index contributed by atoms with van der Waals surface area (Å²) in [5.74, 6) is 0. The number of nitrogens with one attached hydrogen (secondary N) is 1. The van der Waals surface area contributed by atoms with Gasteiger partial charge < -0.3 is 0 Å². The van der Waals surface area contributed by atoms with Crippen molar-refractivity contribution in [2.24, 2.45) is 0 Å². The zero-order valence-electron chi connectivity index (χ0n) is 12.8. The third-order valence-electron chi connectivity index (χ3n) is 2.88. The van der Waals surface area contributed by atoms with Crippen LogP contribution in [0.5, 0.6) is 0 Å². The molecule has 1 aromatic heterocycles. The van der Waals surface area contributed by atoms with Crippen LogP contribution in [0, 0.1) is 13.8 Å². The highest BCUT2D eigenvalue weighted by Crippen LogP contribution is 2.20. The average Bonchev–Trinajstić information content (AvgIpc) is 2.45. The first-order chi connectivity index (χ1) is 10.4. The Morgan fingerprint density at radius 3 is 2.32 bits per heavy atom. The second kappa shape index (κ2) is 7.21. The van der Waals surface area contributed by atoms with E-state index in [9.17, 15) is 8.42 Å². The van der Waals surface area contributed by atoms with Gasteiger partial charge in [0, 0.05) is 23.2 Å². The van der Waals surface area contributed by atoms with Crippen LogP contribution in [-0.2, 0) is 10.0 Å². The minimum absolute atomic E-state index is 0.0275. The van der Waals surface area contributed by atoms with Crippen molar-refractivity contribution in [2.75, 3.05) is 6.54 Å². The summed E-state index contributed by atoms with van der Waals surface area (Å²) in [5.41, 5.74) is 1.82. The van der Waals surface area contributed by atoms with Gasteiger partial charge in [0.2, 0.25) is 10.0 Å². The van der Waals surface area contributed by atoms with Crippen LogP contribution in [0.3, 0.4) is 0 Å². The highest BCUT2D eigenvalue weighted by molar-refractivity contribution is 7.99. The van der Waals surface area contributed by atoms with E-state index in [1.165, 1.54) is 11.8 Å². The van der Waals surface area contributed by atoms with E-state index in [0.717, 1.165) is 11.4 Å². The van der Waals surface area contributed by atoms with E-state index in [2.05, 4.69) is 14.7 Å². The smallest absolute Gasteiger partial charge is 0.228 e. The van der Waals surface area contributed by atoms with E-state index in [1.807, 2.05) is 26.8 Å². The monoisotopic (exact) mass is 337 g/mol. The van der Waals surface area contributed by atoms with Crippen molar-refractivity contribution in [1.29, 1.82) is 0 Å². The molecule has 0 amide bonds. The van der Waals surface area contributed by atoms with Crippen molar-refractivity contribution >= 4 is 21.8 Å². The van der Waals surface area contributed by atoms with E-state index in [4.69, 9.17) is 0 Å². The number of rotatable bonds is 6. The summed E-state index contributed by atoms with van der Waals surface area (Å²) >= 11 is 1.46. The second-order valence-electron chi connectivity index (χ2n) is 5.03. The largest absolute Gasteiger partial charge is 0.240 e. The predicted octanol–water partition coefficient (Wildman–Crippen LogP) is 2.55. The lowest BCUT2D eigenvalue weighted by atomic mass is 10.4. The first-order valence-corrected chi connectivity index (χ1v) is 9.27. The number of sulfonamides is 1. The Hall–Kier alpha value is -1.44. The molecule has 1 atom stereocenters. The lowest BCUT2D eigenvalue weighted by molar-refractivity contribution is 0.581. The van der Waals surface area contributed by atoms with Crippen molar-refractivity contribution < 1.29 is 8.42 Å². The van der Waals surface area contributed by atoms with Gasteiger partial charge in [-0.15, -0.1) is 0 Å². The molecule has 1 aromatic carbocycles. The van der Waals surface area contributed by atoms with Crippen LogP contribution < -0.4 is 4.72 Å². The number of hydrogen-bond donors (Lipinski definition) is 1. The summed E-state index contributed by atoms with van der Waals surface area (Å²) in [6.07, 6.45) is 0. The zero-order chi connectivity index (χ0) is 16.2. The summed E-state index contributed by atoms with van der Waals surface area (Å²) in [6.45, 7) is 6.10. The molecule has 0 unspecified atom stereocenters. The molecule has 0 aliphatic rings. The van der Waals surface area contributed by atoms with Gasteiger partial charge in [0.25, 0.3) is 0 Å². The lowest BCUT2D eigenvalue weighted by Crippen LogP contribution is -2.29. The number of benzene rings is 1. The van der Waals surface area contributed by atoms with Gasteiger partial charge in [-0.25, -0.2) is 23.1 Å². The normalized spacial score (nSPS) is 13.0. The highest BCUT2D eigenvalue weighted by Gasteiger charge is 2.15. The van der Waals surface area contributed by atoms with E-state index < -0.39 is 10.0 Å². The van der Waals surface area contributed by atoms with Gasteiger partial charge in [0.15, 0.2) is 5.16 Å². The third kappa shape index (κ3) is 4.79. The average molecular weight is 337 g/mol. The van der Waals surface area contributed by atoms with Crippen LogP contribution in [-0.4, -0.2) is 30.2 Å². The summed E-state index contributed by atoms with van der Waals surface area (Å²) in [4.78, 5) is 8.98. The molecule has 5 nitrogen and oxygen atoms in total. The fourth-order valence-electron chi connectivity index (χ4n) is 1.88. The molecule has 22 heavy (non-hydrogen) atoms. The molecule has 0 radical (unpaired) electrons. The van der Waals surface area contributed by atoms with E-state index in [0.29, 0.717) is 11.7 Å². The van der Waals surface area contributed by atoms with Crippen molar-refractivity contribution in [3.8, 4) is 0 Å². The highest BCUT2D eigenvalue weighted by atomic mass is 32.2. The van der Waals surface area contributed by atoms with Gasteiger partial charge in [0.05, 0.1) is 4.90 Å². The van der Waals surface area contributed by atoms with Crippen molar-refractivity contribution in [2.45, 2.75) is 36.1 Å².